The molecule has 0 amide bonds. The van der Waals surface area contributed by atoms with Crippen LogP contribution in [0.1, 0.15) is 0 Å². The number of nitrogens with one attached hydrogen (secondary N) is 2. The first-order valence-electron chi connectivity index (χ1n) is 5.28. The molecular weight excluding hydrogens is 234 g/mol. The molecule has 3 nitrogen and oxygen atoms in total. The minimum absolute atomic E-state index is 0.704. The van der Waals surface area contributed by atoms with Gasteiger partial charge >= 0.3 is 0 Å². The van der Waals surface area contributed by atoms with E-state index < -0.39 is 0 Å². The van der Waals surface area contributed by atoms with Crippen LogP contribution in [0.15, 0.2) is 48.5 Å². The van der Waals surface area contributed by atoms with Gasteiger partial charge in [-0.15, -0.1) is 0 Å². The molecule has 0 fully saturated rings. The molecule has 0 saturated heterocycles. The molecule has 0 atom stereocenters. The highest BCUT2D eigenvalue weighted by Crippen LogP contribution is 2.24. The van der Waals surface area contributed by atoms with Crippen molar-refractivity contribution in [2.24, 2.45) is 0 Å². The molecule has 0 bridgehead atoms. The van der Waals surface area contributed by atoms with E-state index in [1.807, 2.05) is 48.5 Å². The third kappa shape index (κ3) is 1.97. The Morgan fingerprint density at radius 3 is 2.82 bits per heavy atom. The number of hydrogen-bond donors (Lipinski definition) is 2. The number of fused-ring (bicyclic) bond motifs is 1. The molecule has 4 heteroatoms. The first-order valence-corrected chi connectivity index (χ1v) is 5.66. The van der Waals surface area contributed by atoms with Crippen molar-refractivity contribution >= 4 is 34.0 Å². The van der Waals surface area contributed by atoms with E-state index in [4.69, 9.17) is 11.6 Å². The standard InChI is InChI=1S/C13H10ClN3/c14-9-4-3-5-10(8-9)15-13-11-6-1-2-7-12(11)16-17-13/h1-8H,(H2,15,16,17). The largest absolute Gasteiger partial charge is 0.338 e. The first-order chi connectivity index (χ1) is 8.33. The van der Waals surface area contributed by atoms with Gasteiger partial charge in [0.15, 0.2) is 5.82 Å². The zero-order chi connectivity index (χ0) is 11.7. The number of anilines is 2. The zero-order valence-corrected chi connectivity index (χ0v) is 9.70. The molecule has 1 aromatic heterocycles. The Hall–Kier alpha value is -2.00. The predicted molar refractivity (Wildman–Crippen MR) is 70.8 cm³/mol. The molecule has 1 heterocycles. The molecule has 0 saturated carbocycles. The van der Waals surface area contributed by atoms with Crippen LogP contribution in [0.25, 0.3) is 10.9 Å². The Bertz CT molecular complexity index is 660. The summed E-state index contributed by atoms with van der Waals surface area (Å²) in [5, 5.41) is 12.2. The van der Waals surface area contributed by atoms with Gasteiger partial charge in [-0.1, -0.05) is 29.8 Å². The second-order valence-corrected chi connectivity index (χ2v) is 4.19. The van der Waals surface area contributed by atoms with Gasteiger partial charge in [0.1, 0.15) is 0 Å². The van der Waals surface area contributed by atoms with E-state index >= 15 is 0 Å². The van der Waals surface area contributed by atoms with E-state index in [0.29, 0.717) is 5.02 Å². The second-order valence-electron chi connectivity index (χ2n) is 3.75. The van der Waals surface area contributed by atoms with E-state index in [9.17, 15) is 0 Å². The van der Waals surface area contributed by atoms with E-state index in [1.54, 1.807) is 0 Å². The molecule has 3 aromatic rings. The quantitative estimate of drug-likeness (QED) is 0.715. The summed E-state index contributed by atoms with van der Waals surface area (Å²) in [6.45, 7) is 0. The van der Waals surface area contributed by atoms with Crippen LogP contribution in [0.3, 0.4) is 0 Å². The number of para-hydroxylation sites is 1. The topological polar surface area (TPSA) is 40.7 Å². The summed E-state index contributed by atoms with van der Waals surface area (Å²) in [5.74, 6) is 0.808. The fourth-order valence-corrected chi connectivity index (χ4v) is 1.95. The monoisotopic (exact) mass is 243 g/mol. The number of rotatable bonds is 2. The zero-order valence-electron chi connectivity index (χ0n) is 8.94. The van der Waals surface area contributed by atoms with Crippen molar-refractivity contribution in [3.05, 3.63) is 53.6 Å². The van der Waals surface area contributed by atoms with Crippen molar-refractivity contribution in [2.75, 3.05) is 5.32 Å². The molecule has 3 rings (SSSR count). The average Bonchev–Trinajstić information content (AvgIpc) is 2.73. The lowest BCUT2D eigenvalue weighted by Gasteiger charge is -2.03. The van der Waals surface area contributed by atoms with E-state index in [2.05, 4.69) is 15.5 Å². The molecule has 17 heavy (non-hydrogen) atoms. The highest BCUT2D eigenvalue weighted by Gasteiger charge is 2.04. The Morgan fingerprint density at radius 1 is 1.06 bits per heavy atom. The highest BCUT2D eigenvalue weighted by molar-refractivity contribution is 6.30. The minimum Gasteiger partial charge on any atom is -0.338 e. The summed E-state index contributed by atoms with van der Waals surface area (Å²) >= 11 is 5.94. The Morgan fingerprint density at radius 2 is 1.94 bits per heavy atom. The molecule has 0 unspecified atom stereocenters. The van der Waals surface area contributed by atoms with Crippen molar-refractivity contribution in [2.45, 2.75) is 0 Å². The van der Waals surface area contributed by atoms with Gasteiger partial charge in [0, 0.05) is 16.1 Å². The third-order valence-electron chi connectivity index (χ3n) is 2.56. The van der Waals surface area contributed by atoms with E-state index in [0.717, 1.165) is 22.4 Å². The summed E-state index contributed by atoms with van der Waals surface area (Å²) in [6, 6.07) is 15.5. The number of H-pyrrole nitrogens is 1. The summed E-state index contributed by atoms with van der Waals surface area (Å²) < 4.78 is 0. The van der Waals surface area contributed by atoms with E-state index in [1.165, 1.54) is 0 Å². The Balaban J connectivity index is 2.00. The molecule has 84 valence electrons. The molecule has 0 radical (unpaired) electrons. The van der Waals surface area contributed by atoms with Crippen LogP contribution in [0.4, 0.5) is 11.5 Å². The lowest BCUT2D eigenvalue weighted by Crippen LogP contribution is -1.90. The SMILES string of the molecule is Clc1cccc(Nc2n[nH]c3ccccc23)c1. The van der Waals surface area contributed by atoms with Crippen molar-refractivity contribution in [3.8, 4) is 0 Å². The lowest BCUT2D eigenvalue weighted by atomic mass is 10.2. The van der Waals surface area contributed by atoms with Crippen LogP contribution in [-0.2, 0) is 0 Å². The fourth-order valence-electron chi connectivity index (χ4n) is 1.76. The Labute approximate surface area is 103 Å². The predicted octanol–water partition coefficient (Wildman–Crippen LogP) is 3.96. The number of halogens is 1. The molecular formula is C13H10ClN3. The van der Waals surface area contributed by atoms with Gasteiger partial charge in [0.2, 0.25) is 0 Å². The van der Waals surface area contributed by atoms with Crippen molar-refractivity contribution in [1.82, 2.24) is 10.2 Å². The first kappa shape index (κ1) is 10.2. The summed E-state index contributed by atoms with van der Waals surface area (Å²) in [4.78, 5) is 0. The average molecular weight is 244 g/mol. The van der Waals surface area contributed by atoms with Crippen LogP contribution < -0.4 is 5.32 Å². The van der Waals surface area contributed by atoms with Crippen molar-refractivity contribution in [3.63, 3.8) is 0 Å². The van der Waals surface area contributed by atoms with Crippen molar-refractivity contribution < 1.29 is 0 Å². The van der Waals surface area contributed by atoms with Crippen LogP contribution in [-0.4, -0.2) is 10.2 Å². The third-order valence-corrected chi connectivity index (χ3v) is 2.79. The second kappa shape index (κ2) is 4.11. The molecule has 2 N–H and O–H groups in total. The maximum Gasteiger partial charge on any atom is 0.160 e. The highest BCUT2D eigenvalue weighted by atomic mass is 35.5. The summed E-state index contributed by atoms with van der Waals surface area (Å²) in [5.41, 5.74) is 1.94. The van der Waals surface area contributed by atoms with Gasteiger partial charge in [0.05, 0.1) is 5.52 Å². The number of aromatic nitrogens is 2. The normalized spacial score (nSPS) is 10.6. The summed E-state index contributed by atoms with van der Waals surface area (Å²) in [6.07, 6.45) is 0. The molecule has 0 spiro atoms. The summed E-state index contributed by atoms with van der Waals surface area (Å²) in [7, 11) is 0. The fraction of sp³-hybridized carbons (Fsp3) is 0. The van der Waals surface area contributed by atoms with Gasteiger partial charge in [-0.05, 0) is 30.3 Å². The Kier molecular flexibility index (Phi) is 2.46. The molecule has 2 aromatic carbocycles. The van der Waals surface area contributed by atoms with Crippen LogP contribution in [0.2, 0.25) is 5.02 Å². The lowest BCUT2D eigenvalue weighted by molar-refractivity contribution is 1.12. The van der Waals surface area contributed by atoms with Crippen LogP contribution in [0, 0.1) is 0 Å². The van der Waals surface area contributed by atoms with Gasteiger partial charge < -0.3 is 5.32 Å². The number of benzene rings is 2. The van der Waals surface area contributed by atoms with Gasteiger partial charge in [0.25, 0.3) is 0 Å². The van der Waals surface area contributed by atoms with Gasteiger partial charge in [-0.3, -0.25) is 5.10 Å². The smallest absolute Gasteiger partial charge is 0.160 e. The number of hydrogen-bond acceptors (Lipinski definition) is 2. The maximum atomic E-state index is 5.94. The number of aromatic amines is 1. The maximum absolute atomic E-state index is 5.94. The van der Waals surface area contributed by atoms with Gasteiger partial charge in [-0.25, -0.2) is 0 Å². The minimum atomic E-state index is 0.704. The van der Waals surface area contributed by atoms with E-state index in [-0.39, 0.29) is 0 Å². The number of nitrogens with zero attached hydrogens (tertiary/aromatic N) is 1. The van der Waals surface area contributed by atoms with Crippen molar-refractivity contribution in [1.29, 1.82) is 0 Å². The molecule has 0 aliphatic heterocycles. The van der Waals surface area contributed by atoms with Crippen LogP contribution >= 0.6 is 11.6 Å². The molecule has 0 aliphatic carbocycles. The molecule has 0 aliphatic rings. The van der Waals surface area contributed by atoms with Gasteiger partial charge in [-0.2, -0.15) is 5.10 Å². The van der Waals surface area contributed by atoms with Crippen LogP contribution in [0.5, 0.6) is 0 Å².